The molecule has 0 spiro atoms. The molecule has 1 nitrogen and oxygen atoms in total. The Hall–Kier alpha value is 0.596. The van der Waals surface area contributed by atoms with Gasteiger partial charge in [-0.15, -0.1) is 0 Å². The normalized spacial score (nSPS) is 14.4. The maximum absolute atomic E-state index is 6.35. The second-order valence-electron chi connectivity index (χ2n) is 7.34. The van der Waals surface area contributed by atoms with Crippen molar-refractivity contribution in [3.8, 4) is 0 Å². The zero-order chi connectivity index (χ0) is 11.8. The average molecular weight is 257 g/mol. The molecule has 0 bridgehead atoms. The SMILES string of the molecule is CC(C)(C)[O][Ga]([C](C)(C)C)[C](C)(C)C. The summed E-state index contributed by atoms with van der Waals surface area (Å²) in [6.07, 6.45) is 0. The first-order valence-electron chi connectivity index (χ1n) is 5.52. The van der Waals surface area contributed by atoms with Crippen molar-refractivity contribution in [3.05, 3.63) is 0 Å². The Labute approximate surface area is 96.1 Å². The van der Waals surface area contributed by atoms with E-state index in [1.54, 1.807) is 0 Å². The summed E-state index contributed by atoms with van der Waals surface area (Å²) in [7, 11) is 0. The number of hydrogen-bond acceptors (Lipinski definition) is 1. The third-order valence-corrected chi connectivity index (χ3v) is 10.6. The van der Waals surface area contributed by atoms with Crippen molar-refractivity contribution in [1.29, 1.82) is 0 Å². The first kappa shape index (κ1) is 14.6. The van der Waals surface area contributed by atoms with Gasteiger partial charge in [-0.3, -0.25) is 0 Å². The molecule has 0 amide bonds. The molecule has 0 radical (unpaired) electrons. The Morgan fingerprint density at radius 3 is 1.00 bits per heavy atom. The first-order chi connectivity index (χ1) is 5.84. The van der Waals surface area contributed by atoms with E-state index in [1.165, 1.54) is 0 Å². The van der Waals surface area contributed by atoms with E-state index in [1.807, 2.05) is 0 Å². The van der Waals surface area contributed by atoms with Crippen LogP contribution in [0.25, 0.3) is 0 Å². The van der Waals surface area contributed by atoms with E-state index >= 15 is 0 Å². The molecule has 2 heteroatoms. The number of rotatable bonds is 1. The van der Waals surface area contributed by atoms with Crippen molar-refractivity contribution in [2.45, 2.75) is 75.9 Å². The van der Waals surface area contributed by atoms with Crippen molar-refractivity contribution < 1.29 is 3.53 Å². The molecule has 0 heterocycles. The van der Waals surface area contributed by atoms with Crippen LogP contribution in [0.5, 0.6) is 0 Å². The van der Waals surface area contributed by atoms with Gasteiger partial charge in [0.25, 0.3) is 0 Å². The van der Waals surface area contributed by atoms with Crippen molar-refractivity contribution in [1.82, 2.24) is 0 Å². The number of hydrogen-bond donors (Lipinski definition) is 0. The van der Waals surface area contributed by atoms with Gasteiger partial charge in [0, 0.05) is 0 Å². The van der Waals surface area contributed by atoms with E-state index < -0.39 is 16.6 Å². The molecule has 0 fully saturated rings. The fraction of sp³-hybridized carbons (Fsp3) is 1.00. The van der Waals surface area contributed by atoms with Gasteiger partial charge in [0.1, 0.15) is 0 Å². The summed E-state index contributed by atoms with van der Waals surface area (Å²) in [5.41, 5.74) is 0.0191. The van der Waals surface area contributed by atoms with Crippen LogP contribution in [-0.2, 0) is 3.53 Å². The topological polar surface area (TPSA) is 9.23 Å². The molecule has 0 rings (SSSR count). The summed E-state index contributed by atoms with van der Waals surface area (Å²) in [6.45, 7) is 20.5. The molecule has 0 aromatic heterocycles. The zero-order valence-corrected chi connectivity index (χ0v) is 13.9. The third kappa shape index (κ3) is 5.47. The molecular formula is C12H27GaO. The van der Waals surface area contributed by atoms with E-state index in [4.69, 9.17) is 3.53 Å². The fourth-order valence-electron chi connectivity index (χ4n) is 2.01. The van der Waals surface area contributed by atoms with E-state index in [0.29, 0.717) is 7.94 Å². The zero-order valence-electron chi connectivity index (χ0n) is 11.5. The Balaban J connectivity index is 4.78. The van der Waals surface area contributed by atoms with E-state index in [-0.39, 0.29) is 5.60 Å². The van der Waals surface area contributed by atoms with E-state index in [0.717, 1.165) is 0 Å². The van der Waals surface area contributed by atoms with Gasteiger partial charge in [0.15, 0.2) is 0 Å². The fourth-order valence-corrected chi connectivity index (χ4v) is 10.4. The van der Waals surface area contributed by atoms with Crippen LogP contribution in [0.2, 0.25) is 7.94 Å². The molecule has 0 aliphatic carbocycles. The van der Waals surface area contributed by atoms with Gasteiger partial charge >= 0.3 is 96.0 Å². The predicted molar refractivity (Wildman–Crippen MR) is 66.0 cm³/mol. The van der Waals surface area contributed by atoms with E-state index in [2.05, 4.69) is 62.3 Å². The molecule has 0 saturated carbocycles. The molecule has 14 heavy (non-hydrogen) atoms. The van der Waals surface area contributed by atoms with Crippen LogP contribution in [-0.4, -0.2) is 22.2 Å². The van der Waals surface area contributed by atoms with Crippen LogP contribution in [0.15, 0.2) is 0 Å². The molecule has 0 saturated heterocycles. The van der Waals surface area contributed by atoms with Gasteiger partial charge in [0.05, 0.1) is 0 Å². The molecule has 0 aromatic rings. The van der Waals surface area contributed by atoms with Crippen LogP contribution >= 0.6 is 0 Å². The minimum absolute atomic E-state index is 0.0191. The van der Waals surface area contributed by atoms with Gasteiger partial charge in [-0.25, -0.2) is 0 Å². The summed E-state index contributed by atoms with van der Waals surface area (Å²) < 4.78 is 7.10. The Bertz CT molecular complexity index is 164. The van der Waals surface area contributed by atoms with Gasteiger partial charge < -0.3 is 0 Å². The predicted octanol–water partition coefficient (Wildman–Crippen LogP) is 4.39. The van der Waals surface area contributed by atoms with Crippen molar-refractivity contribution >= 4 is 16.6 Å². The summed E-state index contributed by atoms with van der Waals surface area (Å²) in [5, 5.41) is 0. The maximum atomic E-state index is 6.35. The van der Waals surface area contributed by atoms with Gasteiger partial charge in [-0.2, -0.15) is 0 Å². The quantitative estimate of drug-likeness (QED) is 0.633. The van der Waals surface area contributed by atoms with Crippen LogP contribution < -0.4 is 0 Å². The van der Waals surface area contributed by atoms with Crippen molar-refractivity contribution in [2.75, 3.05) is 0 Å². The second kappa shape index (κ2) is 4.23. The first-order valence-corrected chi connectivity index (χ1v) is 8.93. The van der Waals surface area contributed by atoms with E-state index in [9.17, 15) is 0 Å². The molecule has 0 N–H and O–H groups in total. The molecular weight excluding hydrogens is 230 g/mol. The summed E-state index contributed by atoms with van der Waals surface area (Å²) in [5.74, 6) is 0. The van der Waals surface area contributed by atoms with Crippen LogP contribution in [0.1, 0.15) is 62.3 Å². The van der Waals surface area contributed by atoms with Crippen LogP contribution in [0, 0.1) is 0 Å². The Kier molecular flexibility index (Phi) is 4.41. The van der Waals surface area contributed by atoms with Crippen LogP contribution in [0.3, 0.4) is 0 Å². The third-order valence-electron chi connectivity index (χ3n) is 2.04. The molecule has 0 aromatic carbocycles. The monoisotopic (exact) mass is 256 g/mol. The van der Waals surface area contributed by atoms with Crippen molar-refractivity contribution in [2.24, 2.45) is 0 Å². The molecule has 0 aliphatic rings. The summed E-state index contributed by atoms with van der Waals surface area (Å²) in [4.78, 5) is 0. The average Bonchev–Trinajstić information content (AvgIpc) is 1.75. The van der Waals surface area contributed by atoms with Crippen molar-refractivity contribution in [3.63, 3.8) is 0 Å². The standard InChI is InChI=1S/C4H9O.2C4H9.Ga/c1-4(2,3)5;2*1-4(2)3;/h1-3H3;2*1-3H3;/q-1;;;+1. The summed E-state index contributed by atoms with van der Waals surface area (Å²) >= 11 is -1.76. The Morgan fingerprint density at radius 1 is 0.643 bits per heavy atom. The molecule has 84 valence electrons. The molecule has 0 unspecified atom stereocenters. The minimum atomic E-state index is -1.76. The summed E-state index contributed by atoms with van der Waals surface area (Å²) in [6, 6.07) is 0. The molecule has 0 aliphatic heterocycles. The van der Waals surface area contributed by atoms with Gasteiger partial charge in [-0.05, 0) is 0 Å². The Morgan fingerprint density at radius 2 is 0.929 bits per heavy atom. The van der Waals surface area contributed by atoms with Gasteiger partial charge in [0.2, 0.25) is 0 Å². The van der Waals surface area contributed by atoms with Crippen LogP contribution in [0.4, 0.5) is 0 Å². The molecule has 0 atom stereocenters. The second-order valence-corrected chi connectivity index (χ2v) is 16.7. The van der Waals surface area contributed by atoms with Gasteiger partial charge in [-0.1, -0.05) is 0 Å².